The van der Waals surface area contributed by atoms with Gasteiger partial charge in [0.2, 0.25) is 5.91 Å². The van der Waals surface area contributed by atoms with Crippen molar-refractivity contribution in [2.24, 2.45) is 4.99 Å². The summed E-state index contributed by atoms with van der Waals surface area (Å²) in [4.78, 5) is 36.5. The zero-order valence-electron chi connectivity index (χ0n) is 19.1. The fraction of sp³-hybridized carbons (Fsp3) is 0.280. The highest BCUT2D eigenvalue weighted by Crippen LogP contribution is 2.44. The number of halogens is 1. The van der Waals surface area contributed by atoms with E-state index in [1.165, 1.54) is 23.9 Å². The number of carbonyl (C=O) groups is 2. The van der Waals surface area contributed by atoms with Gasteiger partial charge >= 0.3 is 5.97 Å². The minimum Gasteiger partial charge on any atom is -0.459 e. The normalized spacial score (nSPS) is 17.3. The number of esters is 1. The number of hydrogen-bond acceptors (Lipinski definition) is 7. The molecule has 0 radical (unpaired) electrons. The van der Waals surface area contributed by atoms with Gasteiger partial charge in [-0.05, 0) is 56.0 Å². The van der Waals surface area contributed by atoms with Gasteiger partial charge in [0.1, 0.15) is 5.82 Å². The third kappa shape index (κ3) is 5.20. The number of hydrogen-bond donors (Lipinski definition) is 1. The Hall–Kier alpha value is -3.46. The molecule has 7 nitrogen and oxygen atoms in total. The summed E-state index contributed by atoms with van der Waals surface area (Å²) in [7, 11) is 0. The lowest BCUT2D eigenvalue weighted by Crippen LogP contribution is -2.38. The van der Waals surface area contributed by atoms with Gasteiger partial charge in [0.15, 0.2) is 5.17 Å². The number of aliphatic imine (C=N–C) groups is 1. The number of thioether (sulfide) groups is 1. The summed E-state index contributed by atoms with van der Waals surface area (Å²) in [6.07, 6.45) is 1.45. The Bertz CT molecular complexity index is 1180. The molecule has 0 bridgehead atoms. The number of allylic oxidation sites excluding steroid dienone is 1. The molecule has 0 unspecified atom stereocenters. The molecular weight excluding hydrogens is 455 g/mol. The Labute approximate surface area is 201 Å². The van der Waals surface area contributed by atoms with Crippen molar-refractivity contribution in [3.8, 4) is 0 Å². The predicted molar refractivity (Wildman–Crippen MR) is 129 cm³/mol. The molecule has 1 N–H and O–H groups in total. The molecule has 3 heterocycles. The van der Waals surface area contributed by atoms with Crippen molar-refractivity contribution in [2.45, 2.75) is 45.9 Å². The van der Waals surface area contributed by atoms with Crippen LogP contribution in [0.15, 0.2) is 76.0 Å². The molecule has 2 aliphatic rings. The van der Waals surface area contributed by atoms with Crippen LogP contribution in [0.5, 0.6) is 0 Å². The monoisotopic (exact) mass is 480 g/mol. The van der Waals surface area contributed by atoms with Crippen molar-refractivity contribution in [1.82, 2.24) is 15.2 Å². The number of pyridine rings is 1. The molecule has 2 aromatic rings. The lowest BCUT2D eigenvalue weighted by molar-refractivity contribution is -0.143. The molecule has 0 saturated heterocycles. The zero-order chi connectivity index (χ0) is 24.2. The lowest BCUT2D eigenvalue weighted by Gasteiger charge is -2.36. The van der Waals surface area contributed by atoms with E-state index < -0.39 is 12.0 Å². The van der Waals surface area contributed by atoms with E-state index in [2.05, 4.69) is 15.3 Å². The summed E-state index contributed by atoms with van der Waals surface area (Å²) in [5, 5.41) is 5.39. The second kappa shape index (κ2) is 10.2. The molecule has 0 fully saturated rings. The van der Waals surface area contributed by atoms with Gasteiger partial charge in [-0.3, -0.25) is 9.78 Å². The summed E-state index contributed by atoms with van der Waals surface area (Å²) in [5.41, 5.74) is 3.05. The summed E-state index contributed by atoms with van der Waals surface area (Å²) < 4.78 is 19.2. The van der Waals surface area contributed by atoms with Gasteiger partial charge < -0.3 is 15.0 Å². The standard InChI is InChI=1S/C25H25FN4O3S/c1-15(2)33-24(32)22-16(3)29-25-30(23(22)17-7-9-18(26)10-8-17)20(14-34-25)12-21(31)28-13-19-6-4-5-11-27-19/h4-11,14-15,23H,12-13H2,1-3H3,(H,28,31)/t23-/m0/s1. The molecule has 9 heteroatoms. The summed E-state index contributed by atoms with van der Waals surface area (Å²) in [6, 6.07) is 10.9. The number of nitrogens with one attached hydrogen (secondary N) is 1. The van der Waals surface area contributed by atoms with E-state index in [0.717, 1.165) is 5.69 Å². The number of carbonyl (C=O) groups excluding carboxylic acids is 2. The average molecular weight is 481 g/mol. The number of amides is 1. The molecule has 2 aliphatic heterocycles. The maximum absolute atomic E-state index is 13.7. The Kier molecular flexibility index (Phi) is 7.12. The molecule has 1 amide bonds. The second-order valence-corrected chi connectivity index (χ2v) is 9.01. The first-order chi connectivity index (χ1) is 16.3. The minimum absolute atomic E-state index is 0.0854. The van der Waals surface area contributed by atoms with Gasteiger partial charge in [-0.25, -0.2) is 14.2 Å². The SMILES string of the molecule is CC1=C(C(=O)OC(C)C)[C@H](c2ccc(F)cc2)N2C(CC(=O)NCc3ccccn3)=CSC2=N1. The van der Waals surface area contributed by atoms with Crippen LogP contribution in [-0.4, -0.2) is 33.0 Å². The van der Waals surface area contributed by atoms with Crippen LogP contribution in [0.3, 0.4) is 0 Å². The topological polar surface area (TPSA) is 83.9 Å². The Morgan fingerprint density at radius 2 is 1.97 bits per heavy atom. The molecule has 176 valence electrons. The van der Waals surface area contributed by atoms with Crippen molar-refractivity contribution in [3.63, 3.8) is 0 Å². The Morgan fingerprint density at radius 1 is 1.21 bits per heavy atom. The molecule has 34 heavy (non-hydrogen) atoms. The largest absolute Gasteiger partial charge is 0.459 e. The third-order valence-corrected chi connectivity index (χ3v) is 6.17. The smallest absolute Gasteiger partial charge is 0.338 e. The predicted octanol–water partition coefficient (Wildman–Crippen LogP) is 4.45. The van der Waals surface area contributed by atoms with Crippen molar-refractivity contribution in [1.29, 1.82) is 0 Å². The number of nitrogens with zero attached hydrogens (tertiary/aromatic N) is 3. The first kappa shape index (κ1) is 23.7. The first-order valence-electron chi connectivity index (χ1n) is 10.9. The maximum Gasteiger partial charge on any atom is 0.338 e. The number of ether oxygens (including phenoxy) is 1. The van der Waals surface area contributed by atoms with Crippen LogP contribution in [0.1, 0.15) is 44.5 Å². The van der Waals surface area contributed by atoms with Crippen molar-refractivity contribution < 1.29 is 18.7 Å². The number of benzene rings is 1. The number of rotatable bonds is 7. The highest BCUT2D eigenvalue weighted by atomic mass is 32.2. The van der Waals surface area contributed by atoms with Gasteiger partial charge in [0, 0.05) is 11.9 Å². The van der Waals surface area contributed by atoms with E-state index in [9.17, 15) is 14.0 Å². The van der Waals surface area contributed by atoms with Crippen LogP contribution in [0.25, 0.3) is 0 Å². The maximum atomic E-state index is 13.7. The van der Waals surface area contributed by atoms with Gasteiger partial charge in [0.25, 0.3) is 0 Å². The van der Waals surface area contributed by atoms with Gasteiger partial charge in [0.05, 0.1) is 42.1 Å². The van der Waals surface area contributed by atoms with Crippen LogP contribution in [-0.2, 0) is 20.9 Å². The van der Waals surface area contributed by atoms with Crippen LogP contribution in [0, 0.1) is 5.82 Å². The molecule has 1 atom stereocenters. The van der Waals surface area contributed by atoms with Gasteiger partial charge in [-0.15, -0.1) is 0 Å². The van der Waals surface area contributed by atoms with E-state index >= 15 is 0 Å². The van der Waals surface area contributed by atoms with Crippen molar-refractivity contribution >= 4 is 28.8 Å². The van der Waals surface area contributed by atoms with Crippen LogP contribution in [0.4, 0.5) is 4.39 Å². The third-order valence-electron chi connectivity index (χ3n) is 5.28. The van der Waals surface area contributed by atoms with E-state index in [1.807, 2.05) is 28.5 Å². The van der Waals surface area contributed by atoms with E-state index in [0.29, 0.717) is 34.2 Å². The van der Waals surface area contributed by atoms with E-state index in [-0.39, 0.29) is 24.2 Å². The van der Waals surface area contributed by atoms with E-state index in [4.69, 9.17) is 4.74 Å². The lowest BCUT2D eigenvalue weighted by atomic mass is 9.93. The highest BCUT2D eigenvalue weighted by Gasteiger charge is 2.41. The summed E-state index contributed by atoms with van der Waals surface area (Å²) in [6.45, 7) is 5.63. The van der Waals surface area contributed by atoms with Crippen LogP contribution in [0.2, 0.25) is 0 Å². The van der Waals surface area contributed by atoms with Crippen LogP contribution < -0.4 is 5.32 Å². The molecule has 0 saturated carbocycles. The van der Waals surface area contributed by atoms with Crippen molar-refractivity contribution in [3.05, 3.63) is 88.1 Å². The molecular formula is C25H25FN4O3S. The minimum atomic E-state index is -0.593. The quantitative estimate of drug-likeness (QED) is 0.590. The average Bonchev–Trinajstić information content (AvgIpc) is 3.19. The summed E-state index contributed by atoms with van der Waals surface area (Å²) >= 11 is 1.39. The summed E-state index contributed by atoms with van der Waals surface area (Å²) in [5.74, 6) is -1.05. The number of amidine groups is 1. The molecule has 0 spiro atoms. The molecule has 4 rings (SSSR count). The fourth-order valence-corrected chi connectivity index (χ4v) is 4.75. The Balaban J connectivity index is 1.61. The number of fused-ring (bicyclic) bond motifs is 1. The zero-order valence-corrected chi connectivity index (χ0v) is 19.9. The Morgan fingerprint density at radius 3 is 2.65 bits per heavy atom. The highest BCUT2D eigenvalue weighted by molar-refractivity contribution is 8.16. The molecule has 1 aromatic heterocycles. The van der Waals surface area contributed by atoms with Crippen LogP contribution >= 0.6 is 11.8 Å². The molecule has 1 aromatic carbocycles. The molecule has 0 aliphatic carbocycles. The first-order valence-corrected chi connectivity index (χ1v) is 11.8. The van der Waals surface area contributed by atoms with Gasteiger partial charge in [-0.2, -0.15) is 0 Å². The van der Waals surface area contributed by atoms with Gasteiger partial charge in [-0.1, -0.05) is 30.0 Å². The van der Waals surface area contributed by atoms with Crippen molar-refractivity contribution in [2.75, 3.05) is 0 Å². The fourth-order valence-electron chi connectivity index (χ4n) is 3.79. The second-order valence-electron chi connectivity index (χ2n) is 8.17. The van der Waals surface area contributed by atoms with E-state index in [1.54, 1.807) is 39.1 Å². The number of aromatic nitrogens is 1.